The van der Waals surface area contributed by atoms with Crippen molar-refractivity contribution in [3.8, 4) is 0 Å². The van der Waals surface area contributed by atoms with Crippen LogP contribution in [0, 0.1) is 0 Å². The second-order valence-electron chi connectivity index (χ2n) is 5.95. The van der Waals surface area contributed by atoms with Crippen molar-refractivity contribution in [3.63, 3.8) is 0 Å². The fourth-order valence-electron chi connectivity index (χ4n) is 2.90. The van der Waals surface area contributed by atoms with Crippen LogP contribution in [0.1, 0.15) is 21.5 Å². The first-order valence-corrected chi connectivity index (χ1v) is 9.31. The van der Waals surface area contributed by atoms with Crippen molar-refractivity contribution in [2.75, 3.05) is 0 Å². The molecule has 0 saturated carbocycles. The zero-order chi connectivity index (χ0) is 18.9. The molecule has 2 aromatic carbocycles. The molecule has 0 aliphatic carbocycles. The molecule has 2 N–H and O–H groups in total. The average Bonchev–Trinajstić information content (AvgIpc) is 2.90. The third kappa shape index (κ3) is 5.89. The largest absolute Gasteiger partial charge is 1.00 e. The standard InChI is InChI=1S/C18H17N2O5P.2Na/c19-17(21)9-14-11-20(10-12-4-2-1-3-5-12)16-7-6-13(8-15(14)16)18(22)26(23,24)25;;/h1-8,11H,9-10H2,(H2,19,21)(H2,23,24,25);;/q;2*+1/p-2. The van der Waals surface area contributed by atoms with Crippen LogP contribution in [0.3, 0.4) is 0 Å². The smallest absolute Gasteiger partial charge is 0.805 e. The van der Waals surface area contributed by atoms with Gasteiger partial charge in [0.15, 0.2) is 5.52 Å². The summed E-state index contributed by atoms with van der Waals surface area (Å²) in [6.45, 7) is 0.519. The number of carbonyl (C=O) groups is 2. The zero-order valence-electron chi connectivity index (χ0n) is 15.6. The van der Waals surface area contributed by atoms with E-state index in [4.69, 9.17) is 5.73 Å². The number of benzene rings is 2. The van der Waals surface area contributed by atoms with Crippen LogP contribution >= 0.6 is 7.60 Å². The van der Waals surface area contributed by atoms with E-state index < -0.39 is 19.0 Å². The number of nitrogens with two attached hydrogens (primary N) is 1. The van der Waals surface area contributed by atoms with Crippen LogP contribution in [0.2, 0.25) is 0 Å². The van der Waals surface area contributed by atoms with Crippen molar-refractivity contribution in [2.45, 2.75) is 13.0 Å². The van der Waals surface area contributed by atoms with E-state index in [0.717, 1.165) is 5.56 Å². The molecule has 0 spiro atoms. The molecule has 7 nitrogen and oxygen atoms in total. The minimum absolute atomic E-state index is 0. The molecule has 3 aromatic rings. The Kier molecular flexibility index (Phi) is 9.35. The summed E-state index contributed by atoms with van der Waals surface area (Å²) < 4.78 is 12.9. The van der Waals surface area contributed by atoms with Crippen molar-refractivity contribution in [3.05, 3.63) is 71.4 Å². The summed E-state index contributed by atoms with van der Waals surface area (Å²) in [6.07, 6.45) is 1.67. The Bertz CT molecular complexity index is 1050. The molecular formula is C18H15N2Na2O5P. The van der Waals surface area contributed by atoms with Crippen molar-refractivity contribution in [1.82, 2.24) is 4.57 Å². The predicted molar refractivity (Wildman–Crippen MR) is 92.3 cm³/mol. The van der Waals surface area contributed by atoms with E-state index in [-0.39, 0.29) is 71.1 Å². The fourth-order valence-corrected chi connectivity index (χ4v) is 3.36. The minimum Gasteiger partial charge on any atom is -0.805 e. The molecule has 1 heterocycles. The van der Waals surface area contributed by atoms with Gasteiger partial charge in [-0.2, -0.15) is 0 Å². The predicted octanol–water partition coefficient (Wildman–Crippen LogP) is -5.22. The Hall–Kier alpha value is -0.730. The summed E-state index contributed by atoms with van der Waals surface area (Å²) in [4.78, 5) is 45.2. The molecule has 0 bridgehead atoms. The second kappa shape index (κ2) is 10.3. The van der Waals surface area contributed by atoms with Gasteiger partial charge in [0.05, 0.1) is 6.42 Å². The van der Waals surface area contributed by atoms with E-state index >= 15 is 0 Å². The number of primary amides is 1. The van der Waals surface area contributed by atoms with Gasteiger partial charge in [0.2, 0.25) is 5.91 Å². The maximum Gasteiger partial charge on any atom is 1.00 e. The molecule has 3 rings (SSSR count). The molecule has 1 amide bonds. The molecule has 0 aliphatic heterocycles. The number of amides is 1. The molecule has 1 aromatic heterocycles. The summed E-state index contributed by atoms with van der Waals surface area (Å²) in [5, 5.41) is 0.513. The van der Waals surface area contributed by atoms with E-state index in [1.165, 1.54) is 12.1 Å². The number of aromatic nitrogens is 1. The first-order chi connectivity index (χ1) is 12.3. The number of fused-ring (bicyclic) bond motifs is 1. The van der Waals surface area contributed by atoms with E-state index in [0.29, 0.717) is 23.0 Å². The Morgan fingerprint density at radius 2 is 1.68 bits per heavy atom. The SMILES string of the molecule is NC(=O)Cc1cn(Cc2ccccc2)c2ccc(C(=O)P(=O)([O-])[O-])cc12.[Na+].[Na+]. The minimum atomic E-state index is -5.38. The van der Waals surface area contributed by atoms with Crippen LogP contribution in [-0.4, -0.2) is 16.0 Å². The molecule has 0 unspecified atom stereocenters. The van der Waals surface area contributed by atoms with E-state index in [9.17, 15) is 23.9 Å². The molecule has 28 heavy (non-hydrogen) atoms. The average molecular weight is 416 g/mol. The number of hydrogen-bond donors (Lipinski definition) is 1. The second-order valence-corrected chi connectivity index (χ2v) is 7.35. The van der Waals surface area contributed by atoms with Crippen LogP contribution in [-0.2, 0) is 22.3 Å². The summed E-state index contributed by atoms with van der Waals surface area (Å²) in [5.41, 5.74) is 5.87. The molecule has 0 saturated heterocycles. The fraction of sp³-hybridized carbons (Fsp3) is 0.111. The third-order valence-electron chi connectivity index (χ3n) is 4.02. The van der Waals surface area contributed by atoms with Crippen LogP contribution in [0.25, 0.3) is 10.9 Å². The van der Waals surface area contributed by atoms with Gasteiger partial charge < -0.3 is 24.7 Å². The molecule has 0 aliphatic rings. The van der Waals surface area contributed by atoms with Gasteiger partial charge in [0, 0.05) is 36.8 Å². The van der Waals surface area contributed by atoms with Crippen LogP contribution < -0.4 is 74.6 Å². The summed E-state index contributed by atoms with van der Waals surface area (Å²) >= 11 is 0. The van der Waals surface area contributed by atoms with E-state index in [2.05, 4.69) is 0 Å². The van der Waals surface area contributed by atoms with Gasteiger partial charge in [0.1, 0.15) is 0 Å². The summed E-state index contributed by atoms with van der Waals surface area (Å²) in [6, 6.07) is 13.8. The van der Waals surface area contributed by atoms with Crippen molar-refractivity contribution in [2.24, 2.45) is 5.73 Å². The molecular weight excluding hydrogens is 401 g/mol. The molecule has 0 fully saturated rings. The van der Waals surface area contributed by atoms with Crippen LogP contribution in [0.4, 0.5) is 0 Å². The molecule has 134 valence electrons. The number of carbonyl (C=O) groups excluding carboxylic acids is 2. The number of hydrogen-bond acceptors (Lipinski definition) is 5. The van der Waals surface area contributed by atoms with Gasteiger partial charge in [0.25, 0.3) is 0 Å². The molecule has 10 heteroatoms. The van der Waals surface area contributed by atoms with Gasteiger partial charge in [-0.05, 0) is 29.3 Å². The topological polar surface area (TPSA) is 128 Å². The Labute approximate surface area is 206 Å². The molecule has 0 atom stereocenters. The van der Waals surface area contributed by atoms with Crippen LogP contribution in [0.5, 0.6) is 0 Å². The molecule has 0 radical (unpaired) electrons. The van der Waals surface area contributed by atoms with Gasteiger partial charge in [-0.3, -0.25) is 9.59 Å². The van der Waals surface area contributed by atoms with Crippen molar-refractivity contribution in [1.29, 1.82) is 0 Å². The maximum absolute atomic E-state index is 11.8. The van der Waals surface area contributed by atoms with Crippen molar-refractivity contribution >= 4 is 29.9 Å². The third-order valence-corrected chi connectivity index (χ3v) is 4.78. The van der Waals surface area contributed by atoms with Gasteiger partial charge in [-0.15, -0.1) is 0 Å². The van der Waals surface area contributed by atoms with Gasteiger partial charge >= 0.3 is 59.1 Å². The number of nitrogens with zero attached hydrogens (tertiary/aromatic N) is 1. The Morgan fingerprint density at radius 3 is 2.25 bits per heavy atom. The quantitative estimate of drug-likeness (QED) is 0.317. The van der Waals surface area contributed by atoms with Gasteiger partial charge in [-0.25, -0.2) is 0 Å². The summed E-state index contributed by atoms with van der Waals surface area (Å²) in [5.74, 6) is -0.557. The monoisotopic (exact) mass is 416 g/mol. The maximum atomic E-state index is 11.8. The number of rotatable bonds is 6. The van der Waals surface area contributed by atoms with E-state index in [1.807, 2.05) is 34.9 Å². The van der Waals surface area contributed by atoms with E-state index in [1.54, 1.807) is 12.3 Å². The van der Waals surface area contributed by atoms with Crippen LogP contribution in [0.15, 0.2) is 54.7 Å². The first kappa shape index (κ1) is 25.3. The first-order valence-electron chi connectivity index (χ1n) is 7.76. The zero-order valence-corrected chi connectivity index (χ0v) is 20.5. The normalized spacial score (nSPS) is 10.8. The Morgan fingerprint density at radius 1 is 1.04 bits per heavy atom. The van der Waals surface area contributed by atoms with Crippen molar-refractivity contribution < 1.29 is 83.1 Å². The van der Waals surface area contributed by atoms with Gasteiger partial charge in [-0.1, -0.05) is 30.3 Å². The summed E-state index contributed by atoms with van der Waals surface area (Å²) in [7, 11) is -5.38. The Balaban J connectivity index is 0.00000196.